The van der Waals surface area contributed by atoms with Crippen LogP contribution in [-0.2, 0) is 19.1 Å². The number of nitrogens with one attached hydrogen (secondary N) is 1. The fourth-order valence-corrected chi connectivity index (χ4v) is 3.67. The van der Waals surface area contributed by atoms with Crippen molar-refractivity contribution in [3.05, 3.63) is 0 Å². The summed E-state index contributed by atoms with van der Waals surface area (Å²) in [6.45, 7) is 4.84. The molecule has 0 aromatic rings. The molecule has 1 rings (SSSR count). The minimum absolute atomic E-state index is 0.160. The van der Waals surface area contributed by atoms with E-state index in [4.69, 9.17) is 14.6 Å². The van der Waals surface area contributed by atoms with E-state index < -0.39 is 30.4 Å². The van der Waals surface area contributed by atoms with Gasteiger partial charge in [-0.05, 0) is 24.7 Å². The summed E-state index contributed by atoms with van der Waals surface area (Å²) in [5, 5.41) is 11.7. The van der Waals surface area contributed by atoms with Crippen LogP contribution in [0.2, 0.25) is 0 Å². The molecule has 1 fully saturated rings. The third-order valence-corrected chi connectivity index (χ3v) is 5.15. The van der Waals surface area contributed by atoms with Crippen molar-refractivity contribution in [3.63, 3.8) is 0 Å². The highest BCUT2D eigenvalue weighted by atomic mass is 16.7. The molecule has 1 aliphatic carbocycles. The van der Waals surface area contributed by atoms with Gasteiger partial charge in [-0.2, -0.15) is 0 Å². The van der Waals surface area contributed by atoms with Gasteiger partial charge in [0.15, 0.2) is 0 Å². The largest absolute Gasteiger partial charge is 0.481 e. The van der Waals surface area contributed by atoms with Crippen LogP contribution < -0.4 is 5.32 Å². The van der Waals surface area contributed by atoms with Gasteiger partial charge in [0.2, 0.25) is 6.29 Å². The maximum Gasteiger partial charge on any atom is 0.410 e. The van der Waals surface area contributed by atoms with E-state index in [1.165, 1.54) is 52.4 Å². The number of carboxylic acid groups (broad SMARTS) is 1. The predicted octanol–water partition coefficient (Wildman–Crippen LogP) is 4.24. The van der Waals surface area contributed by atoms with Crippen molar-refractivity contribution in [1.82, 2.24) is 5.32 Å². The van der Waals surface area contributed by atoms with Gasteiger partial charge in [0.1, 0.15) is 0 Å². The lowest BCUT2D eigenvalue weighted by molar-refractivity contribution is -0.162. The number of rotatable bonds is 11. The van der Waals surface area contributed by atoms with Gasteiger partial charge >= 0.3 is 18.0 Å². The summed E-state index contributed by atoms with van der Waals surface area (Å²) in [5.41, 5.74) is 0. The molecule has 0 radical (unpaired) electrons. The summed E-state index contributed by atoms with van der Waals surface area (Å²) in [4.78, 5) is 33.8. The first-order valence-corrected chi connectivity index (χ1v) is 10.1. The molecule has 156 valence electrons. The summed E-state index contributed by atoms with van der Waals surface area (Å²) >= 11 is 0. The number of esters is 1. The number of hydrogen-bond donors (Lipinski definition) is 2. The number of carboxylic acids is 1. The molecule has 0 aromatic carbocycles. The van der Waals surface area contributed by atoms with Crippen LogP contribution in [0.15, 0.2) is 0 Å². The van der Waals surface area contributed by atoms with Gasteiger partial charge in [-0.3, -0.25) is 9.59 Å². The number of carbonyl (C=O) groups is 3. The summed E-state index contributed by atoms with van der Waals surface area (Å²) in [6, 6.07) is -0.503. The smallest absolute Gasteiger partial charge is 0.410 e. The molecule has 0 saturated heterocycles. The summed E-state index contributed by atoms with van der Waals surface area (Å²) in [7, 11) is 0. The van der Waals surface area contributed by atoms with Crippen molar-refractivity contribution in [2.75, 3.05) is 0 Å². The highest BCUT2D eigenvalue weighted by Gasteiger charge is 2.21. The predicted molar refractivity (Wildman–Crippen MR) is 101 cm³/mol. The van der Waals surface area contributed by atoms with Crippen molar-refractivity contribution in [2.45, 2.75) is 97.3 Å². The maximum atomic E-state index is 11.9. The monoisotopic (exact) mass is 385 g/mol. The molecule has 0 unspecified atom stereocenters. The number of alkyl carbamates (subject to hydrolysis) is 1. The van der Waals surface area contributed by atoms with E-state index in [0.717, 1.165) is 18.8 Å². The Balaban J connectivity index is 2.35. The van der Waals surface area contributed by atoms with Crippen LogP contribution in [0.4, 0.5) is 4.79 Å². The Morgan fingerprint density at radius 2 is 1.70 bits per heavy atom. The van der Waals surface area contributed by atoms with Crippen molar-refractivity contribution in [3.8, 4) is 0 Å². The van der Waals surface area contributed by atoms with E-state index in [0.29, 0.717) is 12.3 Å². The SMILES string of the molecule is CC(=O)O[C@H](C)OC(=O)N[C@@H](CC[C@H](C)CCC1CCCCC1)CC(=O)O. The Morgan fingerprint density at radius 3 is 2.30 bits per heavy atom. The van der Waals surface area contributed by atoms with Gasteiger partial charge in [-0.15, -0.1) is 0 Å². The quantitative estimate of drug-likeness (QED) is 0.407. The van der Waals surface area contributed by atoms with Crippen LogP contribution in [0.25, 0.3) is 0 Å². The Bertz CT molecular complexity index is 475. The Labute approximate surface area is 162 Å². The van der Waals surface area contributed by atoms with Crippen molar-refractivity contribution < 1.29 is 29.0 Å². The maximum absolute atomic E-state index is 11.9. The molecule has 1 saturated carbocycles. The van der Waals surface area contributed by atoms with E-state index in [1.54, 1.807) is 0 Å². The van der Waals surface area contributed by atoms with Gasteiger partial charge in [0.05, 0.1) is 6.42 Å². The highest BCUT2D eigenvalue weighted by Crippen LogP contribution is 2.29. The molecule has 0 aliphatic heterocycles. The molecule has 0 bridgehead atoms. The Hall–Kier alpha value is -1.79. The minimum Gasteiger partial charge on any atom is -0.481 e. The third kappa shape index (κ3) is 11.5. The second-order valence-electron chi connectivity index (χ2n) is 7.79. The van der Waals surface area contributed by atoms with Crippen LogP contribution in [0.3, 0.4) is 0 Å². The molecule has 0 heterocycles. The van der Waals surface area contributed by atoms with E-state index in [-0.39, 0.29) is 6.42 Å². The molecular weight excluding hydrogens is 350 g/mol. The topological polar surface area (TPSA) is 102 Å². The van der Waals surface area contributed by atoms with Gasteiger partial charge in [-0.1, -0.05) is 51.9 Å². The fraction of sp³-hybridized carbons (Fsp3) is 0.850. The summed E-state index contributed by atoms with van der Waals surface area (Å²) in [5.74, 6) is -0.194. The lowest BCUT2D eigenvalue weighted by Crippen LogP contribution is -2.39. The molecule has 7 heteroatoms. The second-order valence-corrected chi connectivity index (χ2v) is 7.79. The van der Waals surface area contributed by atoms with Gasteiger partial charge in [0.25, 0.3) is 0 Å². The molecular formula is C20H35NO6. The standard InChI is InChI=1S/C20H35NO6/c1-14(9-11-17-7-5-4-6-8-17)10-12-18(13-19(23)24)21-20(25)27-16(3)26-15(2)22/h14,16-18H,4-13H2,1-3H3,(H,21,25)(H,23,24)/t14-,16+,18+/m1/s1. The van der Waals surface area contributed by atoms with Gasteiger partial charge < -0.3 is 19.9 Å². The molecule has 2 N–H and O–H groups in total. The zero-order valence-corrected chi connectivity index (χ0v) is 16.9. The van der Waals surface area contributed by atoms with Crippen LogP contribution in [0, 0.1) is 11.8 Å². The van der Waals surface area contributed by atoms with Crippen molar-refractivity contribution in [1.29, 1.82) is 0 Å². The molecule has 1 aliphatic rings. The lowest BCUT2D eigenvalue weighted by atomic mass is 9.83. The minimum atomic E-state index is -1.01. The fourth-order valence-electron chi connectivity index (χ4n) is 3.67. The van der Waals surface area contributed by atoms with E-state index in [2.05, 4.69) is 12.2 Å². The average Bonchev–Trinajstić information content (AvgIpc) is 2.57. The zero-order chi connectivity index (χ0) is 20.2. The first-order valence-electron chi connectivity index (χ1n) is 10.1. The number of hydrogen-bond acceptors (Lipinski definition) is 5. The van der Waals surface area contributed by atoms with Crippen LogP contribution >= 0.6 is 0 Å². The van der Waals surface area contributed by atoms with Gasteiger partial charge in [-0.25, -0.2) is 4.79 Å². The lowest BCUT2D eigenvalue weighted by Gasteiger charge is -2.24. The molecule has 0 spiro atoms. The Morgan fingerprint density at radius 1 is 1.04 bits per heavy atom. The molecule has 3 atom stereocenters. The summed E-state index contributed by atoms with van der Waals surface area (Å²) in [6.07, 6.45) is 8.58. The first kappa shape index (κ1) is 23.2. The number of carbonyl (C=O) groups excluding carboxylic acids is 2. The van der Waals surface area contributed by atoms with Crippen LogP contribution in [0.5, 0.6) is 0 Å². The van der Waals surface area contributed by atoms with E-state index in [9.17, 15) is 14.4 Å². The first-order chi connectivity index (χ1) is 12.8. The third-order valence-electron chi connectivity index (χ3n) is 5.15. The molecule has 1 amide bonds. The van der Waals surface area contributed by atoms with Crippen molar-refractivity contribution >= 4 is 18.0 Å². The van der Waals surface area contributed by atoms with Gasteiger partial charge in [0, 0.05) is 19.9 Å². The molecule has 7 nitrogen and oxygen atoms in total. The second kappa shape index (κ2) is 12.6. The number of aliphatic carboxylic acids is 1. The highest BCUT2D eigenvalue weighted by molar-refractivity contribution is 5.71. The molecule has 0 aromatic heterocycles. The van der Waals surface area contributed by atoms with Crippen LogP contribution in [-0.4, -0.2) is 35.5 Å². The Kier molecular flexibility index (Phi) is 10.8. The summed E-state index contributed by atoms with van der Waals surface area (Å²) < 4.78 is 9.65. The van der Waals surface area contributed by atoms with Crippen molar-refractivity contribution in [2.24, 2.45) is 11.8 Å². The van der Waals surface area contributed by atoms with Crippen LogP contribution in [0.1, 0.15) is 85.0 Å². The number of amides is 1. The normalized spacial score (nSPS) is 18.2. The number of ether oxygens (including phenoxy) is 2. The van der Waals surface area contributed by atoms with E-state index >= 15 is 0 Å². The molecule has 27 heavy (non-hydrogen) atoms. The zero-order valence-electron chi connectivity index (χ0n) is 16.9. The average molecular weight is 386 g/mol. The van der Waals surface area contributed by atoms with E-state index in [1.807, 2.05) is 0 Å².